The van der Waals surface area contributed by atoms with Crippen molar-refractivity contribution < 1.29 is 13.2 Å². The Morgan fingerprint density at radius 2 is 1.85 bits per heavy atom. The van der Waals surface area contributed by atoms with Crippen LogP contribution < -0.4 is 0 Å². The van der Waals surface area contributed by atoms with Gasteiger partial charge in [-0.05, 0) is 43.4 Å². The molecule has 0 radical (unpaired) electrons. The summed E-state index contributed by atoms with van der Waals surface area (Å²) in [7, 11) is -3.58. The van der Waals surface area contributed by atoms with Gasteiger partial charge < -0.3 is 4.74 Å². The second-order valence-electron chi connectivity index (χ2n) is 6.82. The molecule has 4 rings (SSSR count). The summed E-state index contributed by atoms with van der Waals surface area (Å²) in [4.78, 5) is 0.268. The van der Waals surface area contributed by atoms with Crippen molar-refractivity contribution >= 4 is 21.6 Å². The molecule has 8 heteroatoms. The minimum atomic E-state index is -3.58. The highest BCUT2D eigenvalue weighted by atomic mass is 35.5. The number of nitrogens with zero attached hydrogens (tertiary/aromatic N) is 3. The Morgan fingerprint density at radius 1 is 1.12 bits per heavy atom. The van der Waals surface area contributed by atoms with E-state index in [1.165, 1.54) is 6.20 Å². The molecular formula is C18H22ClN3O3S. The van der Waals surface area contributed by atoms with Crippen LogP contribution in [0.5, 0.6) is 0 Å². The SMILES string of the molecule is O=S(=O)(c1cnn(C2CCOCC2)c1)N1CCC[C@@H]1c1ccc(Cl)cc1. The molecular weight excluding hydrogens is 374 g/mol. The van der Waals surface area contributed by atoms with Crippen LogP contribution in [-0.2, 0) is 14.8 Å². The van der Waals surface area contributed by atoms with Crippen molar-refractivity contribution in [3.05, 3.63) is 47.2 Å². The molecule has 0 aliphatic carbocycles. The molecule has 3 heterocycles. The molecule has 1 atom stereocenters. The molecule has 2 aromatic rings. The van der Waals surface area contributed by atoms with Crippen LogP contribution in [0.2, 0.25) is 5.02 Å². The van der Waals surface area contributed by atoms with Crippen molar-refractivity contribution in [3.63, 3.8) is 0 Å². The van der Waals surface area contributed by atoms with Gasteiger partial charge >= 0.3 is 0 Å². The number of hydrogen-bond donors (Lipinski definition) is 0. The van der Waals surface area contributed by atoms with Gasteiger partial charge in [0.2, 0.25) is 10.0 Å². The maximum absolute atomic E-state index is 13.2. The third-order valence-electron chi connectivity index (χ3n) is 5.21. The van der Waals surface area contributed by atoms with Crippen molar-refractivity contribution in [2.24, 2.45) is 0 Å². The van der Waals surface area contributed by atoms with Crippen LogP contribution in [0.25, 0.3) is 0 Å². The topological polar surface area (TPSA) is 64.4 Å². The molecule has 0 N–H and O–H groups in total. The van der Waals surface area contributed by atoms with E-state index >= 15 is 0 Å². The fraction of sp³-hybridized carbons (Fsp3) is 0.500. The van der Waals surface area contributed by atoms with Gasteiger partial charge in [-0.1, -0.05) is 23.7 Å². The summed E-state index contributed by atoms with van der Waals surface area (Å²) in [5.41, 5.74) is 0.979. The van der Waals surface area contributed by atoms with Gasteiger partial charge in [0.25, 0.3) is 0 Å². The first kappa shape index (κ1) is 18.0. The number of hydrogen-bond acceptors (Lipinski definition) is 4. The number of aromatic nitrogens is 2. The maximum atomic E-state index is 13.2. The molecule has 0 bridgehead atoms. The average molecular weight is 396 g/mol. The van der Waals surface area contributed by atoms with Gasteiger partial charge in [-0.2, -0.15) is 9.40 Å². The van der Waals surface area contributed by atoms with Crippen LogP contribution >= 0.6 is 11.6 Å². The Labute approximate surface area is 158 Å². The van der Waals surface area contributed by atoms with Crippen LogP contribution in [0.15, 0.2) is 41.6 Å². The van der Waals surface area contributed by atoms with Crippen LogP contribution in [0, 0.1) is 0 Å². The zero-order valence-corrected chi connectivity index (χ0v) is 16.0. The average Bonchev–Trinajstić information content (AvgIpc) is 3.33. The zero-order chi connectivity index (χ0) is 18.1. The predicted molar refractivity (Wildman–Crippen MR) is 98.6 cm³/mol. The number of rotatable bonds is 4. The third kappa shape index (κ3) is 3.41. The van der Waals surface area contributed by atoms with E-state index in [2.05, 4.69) is 5.10 Å². The highest BCUT2D eigenvalue weighted by Crippen LogP contribution is 2.37. The summed E-state index contributed by atoms with van der Waals surface area (Å²) in [5, 5.41) is 4.98. The van der Waals surface area contributed by atoms with Gasteiger partial charge in [-0.15, -0.1) is 0 Å². The van der Waals surface area contributed by atoms with E-state index in [4.69, 9.17) is 16.3 Å². The number of sulfonamides is 1. The Kier molecular flexibility index (Phi) is 5.05. The zero-order valence-electron chi connectivity index (χ0n) is 14.4. The van der Waals surface area contributed by atoms with Gasteiger partial charge in [0.05, 0.1) is 18.3 Å². The normalized spacial score (nSPS) is 22.7. The second-order valence-corrected chi connectivity index (χ2v) is 9.15. The molecule has 2 aliphatic rings. The standard InChI is InChI=1S/C18H22ClN3O3S/c19-15-5-3-14(4-6-15)18-2-1-9-22(18)26(23,24)17-12-20-21(13-17)16-7-10-25-11-8-16/h3-6,12-13,16,18H,1-2,7-11H2/t18-/m1/s1. The van der Waals surface area contributed by atoms with E-state index in [1.54, 1.807) is 15.2 Å². The monoisotopic (exact) mass is 395 g/mol. The summed E-state index contributed by atoms with van der Waals surface area (Å²) in [6.07, 6.45) is 6.52. The van der Waals surface area contributed by atoms with Crippen LogP contribution in [-0.4, -0.2) is 42.3 Å². The molecule has 0 saturated carbocycles. The fourth-order valence-electron chi connectivity index (χ4n) is 3.78. The lowest BCUT2D eigenvalue weighted by atomic mass is 10.1. The first-order valence-electron chi connectivity index (χ1n) is 8.95. The lowest BCUT2D eigenvalue weighted by Crippen LogP contribution is -2.30. The lowest BCUT2D eigenvalue weighted by Gasteiger charge is -2.24. The van der Waals surface area contributed by atoms with Crippen LogP contribution in [0.3, 0.4) is 0 Å². The first-order chi connectivity index (χ1) is 12.6. The quantitative estimate of drug-likeness (QED) is 0.795. The Balaban J connectivity index is 1.59. The van der Waals surface area contributed by atoms with Crippen LogP contribution in [0.4, 0.5) is 0 Å². The molecule has 2 aliphatic heterocycles. The first-order valence-corrected chi connectivity index (χ1v) is 10.8. The van der Waals surface area contributed by atoms with Gasteiger partial charge in [0.1, 0.15) is 4.90 Å². The van der Waals surface area contributed by atoms with Gasteiger partial charge in [-0.25, -0.2) is 8.42 Å². The molecule has 6 nitrogen and oxygen atoms in total. The Morgan fingerprint density at radius 3 is 2.58 bits per heavy atom. The van der Waals surface area contributed by atoms with Gasteiger partial charge in [-0.3, -0.25) is 4.68 Å². The fourth-order valence-corrected chi connectivity index (χ4v) is 5.53. The summed E-state index contributed by atoms with van der Waals surface area (Å²) >= 11 is 5.97. The second kappa shape index (κ2) is 7.31. The predicted octanol–water partition coefficient (Wildman–Crippen LogP) is 3.41. The molecule has 1 aromatic heterocycles. The van der Waals surface area contributed by atoms with Gasteiger partial charge in [0.15, 0.2) is 0 Å². The molecule has 2 saturated heterocycles. The number of halogens is 1. The van der Waals surface area contributed by atoms with Crippen molar-refractivity contribution in [3.8, 4) is 0 Å². The van der Waals surface area contributed by atoms with E-state index in [-0.39, 0.29) is 17.0 Å². The highest BCUT2D eigenvalue weighted by molar-refractivity contribution is 7.89. The van der Waals surface area contributed by atoms with Crippen molar-refractivity contribution in [2.45, 2.75) is 42.7 Å². The Hall–Kier alpha value is -1.41. The highest BCUT2D eigenvalue weighted by Gasteiger charge is 2.37. The smallest absolute Gasteiger partial charge is 0.246 e. The van der Waals surface area contributed by atoms with E-state index in [0.717, 1.165) is 31.2 Å². The minimum Gasteiger partial charge on any atom is -0.381 e. The molecule has 2 fully saturated rings. The minimum absolute atomic E-state index is 0.149. The Bertz CT molecular complexity index is 860. The van der Waals surface area contributed by atoms with Gasteiger partial charge in [0, 0.05) is 31.0 Å². The number of benzene rings is 1. The lowest BCUT2D eigenvalue weighted by molar-refractivity contribution is 0.0662. The summed E-state index contributed by atoms with van der Waals surface area (Å²) < 4.78 is 35.2. The molecule has 26 heavy (non-hydrogen) atoms. The van der Waals surface area contributed by atoms with Crippen molar-refractivity contribution in [1.29, 1.82) is 0 Å². The number of ether oxygens (including phenoxy) is 1. The summed E-state index contributed by atoms with van der Waals surface area (Å²) in [5.74, 6) is 0. The molecule has 0 spiro atoms. The van der Waals surface area contributed by atoms with E-state index < -0.39 is 10.0 Å². The third-order valence-corrected chi connectivity index (χ3v) is 7.32. The molecule has 1 aromatic carbocycles. The van der Waals surface area contributed by atoms with Crippen LogP contribution in [0.1, 0.15) is 43.3 Å². The molecule has 0 amide bonds. The van der Waals surface area contributed by atoms with E-state index in [1.807, 2.05) is 24.3 Å². The van der Waals surface area contributed by atoms with E-state index in [9.17, 15) is 8.42 Å². The van der Waals surface area contributed by atoms with E-state index in [0.29, 0.717) is 24.8 Å². The largest absolute Gasteiger partial charge is 0.381 e. The van der Waals surface area contributed by atoms with Crippen molar-refractivity contribution in [1.82, 2.24) is 14.1 Å². The maximum Gasteiger partial charge on any atom is 0.246 e. The summed E-state index contributed by atoms with van der Waals surface area (Å²) in [6.45, 7) is 1.91. The summed E-state index contributed by atoms with van der Waals surface area (Å²) in [6, 6.07) is 7.49. The molecule has 140 valence electrons. The van der Waals surface area contributed by atoms with Crippen molar-refractivity contribution in [2.75, 3.05) is 19.8 Å². The molecule has 0 unspecified atom stereocenters.